The molecule has 2 aromatic carbocycles. The molecule has 2 N–H and O–H groups in total. The van der Waals surface area contributed by atoms with Crippen LogP contribution in [0, 0.1) is 11.6 Å². The second-order valence-corrected chi connectivity index (χ2v) is 6.28. The molecule has 3 rings (SSSR count). The smallest absolute Gasteiger partial charge is 0.251 e. The number of hydrogen-bond donors (Lipinski definition) is 2. The molecule has 0 saturated carbocycles. The molecule has 1 fully saturated rings. The number of nitrogens with one attached hydrogen (secondary N) is 1. The van der Waals surface area contributed by atoms with Gasteiger partial charge >= 0.3 is 0 Å². The number of benzene rings is 2. The summed E-state index contributed by atoms with van der Waals surface area (Å²) in [5.41, 5.74) is 1.75. The summed E-state index contributed by atoms with van der Waals surface area (Å²) in [7, 11) is 1.57. The fraction of sp³-hybridized carbons (Fsp3) is 0.316. The molecule has 1 heterocycles. The van der Waals surface area contributed by atoms with Gasteiger partial charge in [-0.15, -0.1) is 0 Å². The van der Waals surface area contributed by atoms with Crippen molar-refractivity contribution in [1.29, 1.82) is 0 Å². The van der Waals surface area contributed by atoms with Gasteiger partial charge in [-0.05, 0) is 42.3 Å². The number of β-amino-alcohol motifs (C(OH)–C–C–N with tert-alkyl or cyclic N) is 1. The number of aliphatic hydroxyl groups excluding tert-OH is 1. The normalized spacial score (nSPS) is 20.6. The minimum absolute atomic E-state index is 0.164. The number of rotatable bonds is 4. The van der Waals surface area contributed by atoms with Gasteiger partial charge in [0.05, 0.1) is 6.10 Å². The van der Waals surface area contributed by atoms with Crippen LogP contribution in [0.4, 0.5) is 8.78 Å². The zero-order chi connectivity index (χ0) is 18.0. The van der Waals surface area contributed by atoms with Crippen molar-refractivity contribution in [2.45, 2.75) is 25.1 Å². The summed E-state index contributed by atoms with van der Waals surface area (Å²) in [5.74, 6) is -1.13. The van der Waals surface area contributed by atoms with Gasteiger partial charge in [-0.1, -0.05) is 12.1 Å². The Hall–Kier alpha value is -2.31. The Morgan fingerprint density at radius 1 is 1.24 bits per heavy atom. The van der Waals surface area contributed by atoms with Crippen molar-refractivity contribution in [2.75, 3.05) is 13.6 Å². The molecule has 1 aliphatic rings. The van der Waals surface area contributed by atoms with Gasteiger partial charge in [0, 0.05) is 37.3 Å². The molecule has 2 aromatic rings. The Morgan fingerprint density at radius 3 is 2.64 bits per heavy atom. The molecule has 1 amide bonds. The highest BCUT2D eigenvalue weighted by Gasteiger charge is 2.33. The van der Waals surface area contributed by atoms with E-state index in [1.54, 1.807) is 19.2 Å². The SMILES string of the molecule is CNC(=O)c1ccc(CN2CC(O)CC2c2cc(F)ccc2F)cc1. The van der Waals surface area contributed by atoms with E-state index >= 15 is 0 Å². The van der Waals surface area contributed by atoms with Crippen LogP contribution in [-0.4, -0.2) is 35.6 Å². The van der Waals surface area contributed by atoms with Crippen molar-refractivity contribution in [2.24, 2.45) is 0 Å². The van der Waals surface area contributed by atoms with Crippen LogP contribution in [0.1, 0.15) is 33.9 Å². The fourth-order valence-corrected chi connectivity index (χ4v) is 3.29. The number of hydrogen-bond acceptors (Lipinski definition) is 3. The summed E-state index contributed by atoms with van der Waals surface area (Å²) < 4.78 is 27.6. The van der Waals surface area contributed by atoms with Crippen LogP contribution in [0.5, 0.6) is 0 Å². The number of nitrogens with zero attached hydrogens (tertiary/aromatic N) is 1. The number of carbonyl (C=O) groups excluding carboxylic acids is 1. The first kappa shape index (κ1) is 17.5. The number of amides is 1. The van der Waals surface area contributed by atoms with Gasteiger partial charge in [-0.2, -0.15) is 0 Å². The standard InChI is InChI=1S/C19H20F2N2O2/c1-22-19(25)13-4-2-12(3-5-13)10-23-11-15(24)9-18(23)16-8-14(20)6-7-17(16)21/h2-8,15,18,24H,9-11H2,1H3,(H,22,25). The van der Waals surface area contributed by atoms with Gasteiger partial charge in [0.1, 0.15) is 11.6 Å². The van der Waals surface area contributed by atoms with Crippen LogP contribution in [0.3, 0.4) is 0 Å². The lowest BCUT2D eigenvalue weighted by molar-refractivity contribution is 0.0963. The maximum absolute atomic E-state index is 14.1. The topological polar surface area (TPSA) is 52.6 Å². The lowest BCUT2D eigenvalue weighted by atomic mass is 10.0. The number of likely N-dealkylation sites (tertiary alicyclic amines) is 1. The van der Waals surface area contributed by atoms with Gasteiger partial charge in [0.15, 0.2) is 0 Å². The van der Waals surface area contributed by atoms with Crippen molar-refractivity contribution in [1.82, 2.24) is 10.2 Å². The highest BCUT2D eigenvalue weighted by atomic mass is 19.1. The molecule has 0 radical (unpaired) electrons. The van der Waals surface area contributed by atoms with E-state index < -0.39 is 17.7 Å². The Labute approximate surface area is 145 Å². The third-order valence-corrected chi connectivity index (χ3v) is 4.53. The average molecular weight is 346 g/mol. The number of carbonyl (C=O) groups is 1. The molecule has 0 aliphatic carbocycles. The van der Waals surface area contributed by atoms with Crippen molar-refractivity contribution < 1.29 is 18.7 Å². The largest absolute Gasteiger partial charge is 0.392 e. The summed E-state index contributed by atoms with van der Waals surface area (Å²) in [6, 6.07) is 10.1. The predicted molar refractivity (Wildman–Crippen MR) is 90.0 cm³/mol. The van der Waals surface area contributed by atoms with E-state index in [9.17, 15) is 18.7 Å². The fourth-order valence-electron chi connectivity index (χ4n) is 3.29. The van der Waals surface area contributed by atoms with Crippen molar-refractivity contribution in [3.8, 4) is 0 Å². The lowest BCUT2D eigenvalue weighted by Crippen LogP contribution is -2.25. The van der Waals surface area contributed by atoms with Crippen LogP contribution < -0.4 is 5.32 Å². The summed E-state index contributed by atoms with van der Waals surface area (Å²) in [4.78, 5) is 13.5. The van der Waals surface area contributed by atoms with E-state index in [2.05, 4.69) is 5.32 Å². The van der Waals surface area contributed by atoms with Crippen molar-refractivity contribution in [3.05, 3.63) is 70.8 Å². The Morgan fingerprint density at radius 2 is 1.96 bits per heavy atom. The molecule has 25 heavy (non-hydrogen) atoms. The molecule has 132 valence electrons. The summed E-state index contributed by atoms with van der Waals surface area (Å²) >= 11 is 0. The van der Waals surface area contributed by atoms with Crippen LogP contribution in [0.15, 0.2) is 42.5 Å². The molecule has 2 atom stereocenters. The van der Waals surface area contributed by atoms with Crippen LogP contribution >= 0.6 is 0 Å². The molecule has 1 saturated heterocycles. The summed E-state index contributed by atoms with van der Waals surface area (Å²) in [5, 5.41) is 12.6. The second-order valence-electron chi connectivity index (χ2n) is 6.28. The van der Waals surface area contributed by atoms with E-state index in [4.69, 9.17) is 0 Å². The van der Waals surface area contributed by atoms with E-state index in [1.807, 2.05) is 17.0 Å². The van der Waals surface area contributed by atoms with E-state index in [1.165, 1.54) is 6.07 Å². The first-order valence-electron chi connectivity index (χ1n) is 8.16. The van der Waals surface area contributed by atoms with Gasteiger partial charge in [0.25, 0.3) is 5.91 Å². The first-order chi connectivity index (χ1) is 12.0. The van der Waals surface area contributed by atoms with Gasteiger partial charge < -0.3 is 10.4 Å². The summed E-state index contributed by atoms with van der Waals surface area (Å²) in [6.45, 7) is 0.865. The van der Waals surface area contributed by atoms with Crippen molar-refractivity contribution >= 4 is 5.91 Å². The third-order valence-electron chi connectivity index (χ3n) is 4.53. The molecule has 2 unspecified atom stereocenters. The molecule has 4 nitrogen and oxygen atoms in total. The van der Waals surface area contributed by atoms with Crippen LogP contribution in [0.2, 0.25) is 0 Å². The highest BCUT2D eigenvalue weighted by Crippen LogP contribution is 2.35. The van der Waals surface area contributed by atoms with E-state index in [0.717, 1.165) is 17.7 Å². The Bertz CT molecular complexity index is 765. The number of aliphatic hydroxyl groups is 1. The molecule has 0 aromatic heterocycles. The van der Waals surface area contributed by atoms with E-state index in [0.29, 0.717) is 25.1 Å². The van der Waals surface area contributed by atoms with Crippen LogP contribution in [0.25, 0.3) is 0 Å². The number of halogens is 2. The minimum Gasteiger partial charge on any atom is -0.392 e. The molecule has 0 spiro atoms. The molecule has 6 heteroatoms. The Balaban J connectivity index is 1.80. The monoisotopic (exact) mass is 346 g/mol. The minimum atomic E-state index is -0.585. The van der Waals surface area contributed by atoms with Gasteiger partial charge in [-0.25, -0.2) is 8.78 Å². The lowest BCUT2D eigenvalue weighted by Gasteiger charge is -2.25. The quantitative estimate of drug-likeness (QED) is 0.895. The first-order valence-corrected chi connectivity index (χ1v) is 8.16. The van der Waals surface area contributed by atoms with Crippen molar-refractivity contribution in [3.63, 3.8) is 0 Å². The Kier molecular flexibility index (Phi) is 5.11. The van der Waals surface area contributed by atoms with Gasteiger partial charge in [0.2, 0.25) is 0 Å². The molecule has 1 aliphatic heterocycles. The van der Waals surface area contributed by atoms with E-state index in [-0.39, 0.29) is 17.5 Å². The second kappa shape index (κ2) is 7.29. The molecular weight excluding hydrogens is 326 g/mol. The van der Waals surface area contributed by atoms with Gasteiger partial charge in [-0.3, -0.25) is 9.69 Å². The predicted octanol–water partition coefficient (Wildman–Crippen LogP) is 2.63. The average Bonchev–Trinajstić information content (AvgIpc) is 2.97. The summed E-state index contributed by atoms with van der Waals surface area (Å²) in [6.07, 6.45) is -0.228. The zero-order valence-electron chi connectivity index (χ0n) is 13.9. The maximum Gasteiger partial charge on any atom is 0.251 e. The maximum atomic E-state index is 14.1. The molecule has 0 bridgehead atoms. The molecular formula is C19H20F2N2O2. The third kappa shape index (κ3) is 3.86. The van der Waals surface area contributed by atoms with Crippen LogP contribution in [-0.2, 0) is 6.54 Å². The highest BCUT2D eigenvalue weighted by molar-refractivity contribution is 5.93. The zero-order valence-corrected chi connectivity index (χ0v) is 13.9.